The van der Waals surface area contributed by atoms with Gasteiger partial charge in [-0.2, -0.15) is 0 Å². The number of piperidine rings is 1. The highest BCUT2D eigenvalue weighted by atomic mass is 35.5. The van der Waals surface area contributed by atoms with Crippen LogP contribution in [0, 0.1) is 0 Å². The van der Waals surface area contributed by atoms with Gasteiger partial charge in [0.15, 0.2) is 0 Å². The minimum atomic E-state index is -0.878. The number of β-amino-alcohol motifs (C(OH)–C–C–N with tert-alkyl or cyclic N) is 1. The smallest absolute Gasteiger partial charge is 0.251 e. The fraction of sp³-hybridized carbons (Fsp3) is 0.316. The molecule has 5 nitrogen and oxygen atoms in total. The lowest BCUT2D eigenvalue weighted by Crippen LogP contribution is -2.52. The standard InChI is InChI=1S/C19H21ClN2O3/c20-16-10-15(6-7-17(16)23)13-2-4-14(5-3-13)18(24)22-12-19(25)8-1-9-21-11-19/h2-7,10,21,23,25H,1,8-9,11-12H2,(H,22,24). The molecule has 1 heterocycles. The molecule has 0 radical (unpaired) electrons. The first-order valence-corrected chi connectivity index (χ1v) is 8.65. The van der Waals surface area contributed by atoms with Crippen LogP contribution in [0.1, 0.15) is 23.2 Å². The monoisotopic (exact) mass is 360 g/mol. The van der Waals surface area contributed by atoms with Crippen LogP contribution in [-0.4, -0.2) is 41.4 Å². The van der Waals surface area contributed by atoms with Crippen molar-refractivity contribution in [1.29, 1.82) is 0 Å². The van der Waals surface area contributed by atoms with Crippen molar-refractivity contribution in [3.8, 4) is 16.9 Å². The Labute approximate surface area is 151 Å². The van der Waals surface area contributed by atoms with E-state index in [1.54, 1.807) is 24.3 Å². The number of hydrogen-bond acceptors (Lipinski definition) is 4. The number of rotatable bonds is 4. The van der Waals surface area contributed by atoms with Gasteiger partial charge in [-0.25, -0.2) is 0 Å². The zero-order chi connectivity index (χ0) is 17.9. The summed E-state index contributed by atoms with van der Waals surface area (Å²) < 4.78 is 0. The molecule has 0 spiro atoms. The van der Waals surface area contributed by atoms with Gasteiger partial charge in [0.25, 0.3) is 5.91 Å². The molecular formula is C19H21ClN2O3. The normalized spacial score (nSPS) is 20.2. The van der Waals surface area contributed by atoms with Crippen LogP contribution in [0.25, 0.3) is 11.1 Å². The van der Waals surface area contributed by atoms with E-state index < -0.39 is 5.60 Å². The molecule has 25 heavy (non-hydrogen) atoms. The molecular weight excluding hydrogens is 340 g/mol. The quantitative estimate of drug-likeness (QED) is 0.675. The van der Waals surface area contributed by atoms with Gasteiger partial charge >= 0.3 is 0 Å². The highest BCUT2D eigenvalue weighted by molar-refractivity contribution is 6.32. The van der Waals surface area contributed by atoms with E-state index >= 15 is 0 Å². The Morgan fingerprint density at radius 3 is 2.56 bits per heavy atom. The Morgan fingerprint density at radius 1 is 1.20 bits per heavy atom. The predicted molar refractivity (Wildman–Crippen MR) is 97.9 cm³/mol. The zero-order valence-electron chi connectivity index (χ0n) is 13.8. The fourth-order valence-corrected chi connectivity index (χ4v) is 3.13. The highest BCUT2D eigenvalue weighted by Gasteiger charge is 2.29. The summed E-state index contributed by atoms with van der Waals surface area (Å²) in [6, 6.07) is 12.1. The molecule has 1 atom stereocenters. The zero-order valence-corrected chi connectivity index (χ0v) is 14.5. The average Bonchev–Trinajstić information content (AvgIpc) is 2.63. The summed E-state index contributed by atoms with van der Waals surface area (Å²) >= 11 is 5.93. The van der Waals surface area contributed by atoms with E-state index in [-0.39, 0.29) is 23.2 Å². The van der Waals surface area contributed by atoms with Crippen LogP contribution in [0.3, 0.4) is 0 Å². The second-order valence-corrected chi connectivity index (χ2v) is 6.84. The van der Waals surface area contributed by atoms with Crippen molar-refractivity contribution in [2.75, 3.05) is 19.6 Å². The molecule has 4 N–H and O–H groups in total. The summed E-state index contributed by atoms with van der Waals surface area (Å²) in [5, 5.41) is 26.1. The van der Waals surface area contributed by atoms with Crippen LogP contribution in [-0.2, 0) is 0 Å². The van der Waals surface area contributed by atoms with Crippen molar-refractivity contribution in [3.63, 3.8) is 0 Å². The number of halogens is 1. The number of carbonyl (C=O) groups excluding carboxylic acids is 1. The topological polar surface area (TPSA) is 81.6 Å². The van der Waals surface area contributed by atoms with Crippen LogP contribution in [0.15, 0.2) is 42.5 Å². The van der Waals surface area contributed by atoms with E-state index in [1.807, 2.05) is 12.1 Å². The number of amides is 1. The van der Waals surface area contributed by atoms with Crippen LogP contribution >= 0.6 is 11.6 Å². The van der Waals surface area contributed by atoms with Crippen LogP contribution < -0.4 is 10.6 Å². The number of aromatic hydroxyl groups is 1. The van der Waals surface area contributed by atoms with Gasteiger partial charge in [-0.15, -0.1) is 0 Å². The maximum absolute atomic E-state index is 12.3. The van der Waals surface area contributed by atoms with Gasteiger partial charge < -0.3 is 20.8 Å². The molecule has 132 valence electrons. The molecule has 0 saturated carbocycles. The number of hydrogen-bond donors (Lipinski definition) is 4. The van der Waals surface area contributed by atoms with Gasteiger partial charge in [0.2, 0.25) is 0 Å². The van der Waals surface area contributed by atoms with Crippen molar-refractivity contribution in [2.45, 2.75) is 18.4 Å². The second kappa shape index (κ2) is 7.44. The molecule has 1 amide bonds. The van der Waals surface area contributed by atoms with Crippen LogP contribution in [0.4, 0.5) is 0 Å². The van der Waals surface area contributed by atoms with E-state index in [4.69, 9.17) is 11.6 Å². The number of carbonyl (C=O) groups is 1. The van der Waals surface area contributed by atoms with Crippen molar-refractivity contribution in [3.05, 3.63) is 53.1 Å². The summed E-state index contributed by atoms with van der Waals surface area (Å²) in [7, 11) is 0. The molecule has 0 aromatic heterocycles. The van der Waals surface area contributed by atoms with Gasteiger partial charge in [0.05, 0.1) is 10.6 Å². The third-order valence-corrected chi connectivity index (χ3v) is 4.76. The van der Waals surface area contributed by atoms with Gasteiger partial charge in [-0.1, -0.05) is 29.8 Å². The fourth-order valence-electron chi connectivity index (χ4n) is 2.95. The number of aliphatic hydroxyl groups is 1. The van der Waals surface area contributed by atoms with E-state index in [0.717, 1.165) is 24.1 Å². The lowest BCUT2D eigenvalue weighted by Gasteiger charge is -2.32. The largest absolute Gasteiger partial charge is 0.506 e. The van der Waals surface area contributed by atoms with E-state index in [2.05, 4.69) is 10.6 Å². The third-order valence-electron chi connectivity index (χ3n) is 4.46. The van der Waals surface area contributed by atoms with Gasteiger partial charge in [-0.05, 0) is 54.8 Å². The molecule has 1 unspecified atom stereocenters. The van der Waals surface area contributed by atoms with Crippen molar-refractivity contribution in [1.82, 2.24) is 10.6 Å². The number of benzene rings is 2. The molecule has 3 rings (SSSR count). The minimum Gasteiger partial charge on any atom is -0.506 e. The molecule has 1 saturated heterocycles. The number of phenolic OH excluding ortho intramolecular Hbond substituents is 1. The first kappa shape index (κ1) is 17.7. The third kappa shape index (κ3) is 4.31. The summed E-state index contributed by atoms with van der Waals surface area (Å²) in [6.45, 7) is 1.63. The van der Waals surface area contributed by atoms with Crippen molar-refractivity contribution < 1.29 is 15.0 Å². The highest BCUT2D eigenvalue weighted by Crippen LogP contribution is 2.29. The maximum atomic E-state index is 12.3. The molecule has 2 aromatic rings. The molecule has 0 bridgehead atoms. The summed E-state index contributed by atoms with van der Waals surface area (Å²) in [4.78, 5) is 12.3. The molecule has 1 aliphatic heterocycles. The van der Waals surface area contributed by atoms with E-state index in [1.165, 1.54) is 6.07 Å². The van der Waals surface area contributed by atoms with Crippen LogP contribution in [0.2, 0.25) is 5.02 Å². The lowest BCUT2D eigenvalue weighted by atomic mass is 9.94. The number of nitrogens with one attached hydrogen (secondary N) is 2. The SMILES string of the molecule is O=C(NCC1(O)CCCNC1)c1ccc(-c2ccc(O)c(Cl)c2)cc1. The van der Waals surface area contributed by atoms with Crippen molar-refractivity contribution >= 4 is 17.5 Å². The Balaban J connectivity index is 1.65. The van der Waals surface area contributed by atoms with Gasteiger partial charge in [0, 0.05) is 18.7 Å². The second-order valence-electron chi connectivity index (χ2n) is 6.43. The summed E-state index contributed by atoms with van der Waals surface area (Å²) in [6.07, 6.45) is 1.58. The lowest BCUT2D eigenvalue weighted by molar-refractivity contribution is 0.0170. The minimum absolute atomic E-state index is 0.0385. The maximum Gasteiger partial charge on any atom is 0.251 e. The van der Waals surface area contributed by atoms with Gasteiger partial charge in [0.1, 0.15) is 5.75 Å². The predicted octanol–water partition coefficient (Wildman–Crippen LogP) is 2.56. The van der Waals surface area contributed by atoms with Crippen LogP contribution in [0.5, 0.6) is 5.75 Å². The van der Waals surface area contributed by atoms with Crippen molar-refractivity contribution in [2.24, 2.45) is 0 Å². The Morgan fingerprint density at radius 2 is 1.92 bits per heavy atom. The molecule has 1 aliphatic rings. The Bertz CT molecular complexity index is 756. The van der Waals surface area contributed by atoms with Gasteiger partial charge in [-0.3, -0.25) is 4.79 Å². The number of phenols is 1. The Hall–Kier alpha value is -2.08. The Kier molecular flexibility index (Phi) is 5.27. The van der Waals surface area contributed by atoms with E-state index in [9.17, 15) is 15.0 Å². The molecule has 2 aromatic carbocycles. The average molecular weight is 361 g/mol. The summed E-state index contributed by atoms with van der Waals surface area (Å²) in [5.41, 5.74) is 1.41. The van der Waals surface area contributed by atoms with E-state index in [0.29, 0.717) is 18.5 Å². The molecule has 0 aliphatic carbocycles. The molecule has 6 heteroatoms. The first-order valence-electron chi connectivity index (χ1n) is 8.27. The summed E-state index contributed by atoms with van der Waals surface area (Å²) in [5.74, 6) is -0.175. The first-order chi connectivity index (χ1) is 12.0. The molecule has 1 fully saturated rings.